The molecule has 3 rings (SSSR count). The summed E-state index contributed by atoms with van der Waals surface area (Å²) in [7, 11) is 0. The highest BCUT2D eigenvalue weighted by molar-refractivity contribution is 5.89. The van der Waals surface area contributed by atoms with Crippen LogP contribution in [0.25, 0.3) is 0 Å². The first-order valence-corrected chi connectivity index (χ1v) is 7.26. The smallest absolute Gasteiger partial charge is 0.319 e. The van der Waals surface area contributed by atoms with Crippen LogP contribution in [0.3, 0.4) is 0 Å². The molecule has 1 heterocycles. The summed E-state index contributed by atoms with van der Waals surface area (Å²) in [5, 5.41) is 15.3. The highest BCUT2D eigenvalue weighted by atomic mass is 19.1. The molecule has 1 aromatic carbocycles. The Morgan fingerprint density at radius 3 is 2.52 bits per heavy atom. The van der Waals surface area contributed by atoms with Crippen LogP contribution in [0.1, 0.15) is 18.6 Å². The van der Waals surface area contributed by atoms with Crippen molar-refractivity contribution < 1.29 is 23.1 Å². The second-order valence-corrected chi connectivity index (χ2v) is 5.58. The first-order chi connectivity index (χ1) is 11.0. The van der Waals surface area contributed by atoms with Crippen LogP contribution in [0.15, 0.2) is 41.0 Å². The minimum absolute atomic E-state index is 0.0147. The minimum atomic E-state index is -1.32. The molecule has 122 valence electrons. The topological polar surface area (TPSA) is 74.5 Å². The van der Waals surface area contributed by atoms with Gasteiger partial charge < -0.3 is 20.2 Å². The molecule has 2 aromatic rings. The highest BCUT2D eigenvalue weighted by Crippen LogP contribution is 2.45. The molecule has 5 nitrogen and oxygen atoms in total. The van der Waals surface area contributed by atoms with Crippen molar-refractivity contribution >= 4 is 11.7 Å². The number of carbonyl (C=O) groups excluding carboxylic acids is 1. The predicted molar refractivity (Wildman–Crippen MR) is 78.7 cm³/mol. The molecule has 0 saturated heterocycles. The lowest BCUT2D eigenvalue weighted by Crippen LogP contribution is -2.43. The van der Waals surface area contributed by atoms with E-state index in [1.165, 1.54) is 12.3 Å². The number of urea groups is 1. The number of hydrogen-bond acceptors (Lipinski definition) is 3. The van der Waals surface area contributed by atoms with Gasteiger partial charge in [0.15, 0.2) is 0 Å². The van der Waals surface area contributed by atoms with E-state index < -0.39 is 29.0 Å². The van der Waals surface area contributed by atoms with Gasteiger partial charge in [0.25, 0.3) is 0 Å². The van der Waals surface area contributed by atoms with Crippen LogP contribution in [0.2, 0.25) is 0 Å². The Morgan fingerprint density at radius 1 is 1.26 bits per heavy atom. The number of rotatable bonds is 5. The maximum absolute atomic E-state index is 13.5. The summed E-state index contributed by atoms with van der Waals surface area (Å²) >= 11 is 0. The molecule has 1 aliphatic carbocycles. The van der Waals surface area contributed by atoms with E-state index in [0.717, 1.165) is 25.0 Å². The number of amides is 2. The highest BCUT2D eigenvalue weighted by Gasteiger charge is 2.47. The third-order valence-corrected chi connectivity index (χ3v) is 3.92. The molecule has 1 saturated carbocycles. The predicted octanol–water partition coefficient (Wildman–Crippen LogP) is 2.98. The number of furan rings is 1. The van der Waals surface area contributed by atoms with Crippen LogP contribution in [0, 0.1) is 17.6 Å². The molecule has 0 spiro atoms. The van der Waals surface area contributed by atoms with Crippen molar-refractivity contribution in [3.63, 3.8) is 0 Å². The fourth-order valence-electron chi connectivity index (χ4n) is 2.51. The van der Waals surface area contributed by atoms with Crippen LogP contribution in [-0.2, 0) is 5.60 Å². The third-order valence-electron chi connectivity index (χ3n) is 3.92. The average molecular weight is 322 g/mol. The van der Waals surface area contributed by atoms with Crippen LogP contribution in [0.4, 0.5) is 19.3 Å². The van der Waals surface area contributed by atoms with E-state index in [1.54, 1.807) is 12.1 Å². The molecular formula is C16H16F2N2O3. The lowest BCUT2D eigenvalue weighted by molar-refractivity contribution is -0.00414. The van der Waals surface area contributed by atoms with Gasteiger partial charge in [0.05, 0.1) is 12.8 Å². The molecular weight excluding hydrogens is 306 g/mol. The van der Waals surface area contributed by atoms with Crippen molar-refractivity contribution in [3.8, 4) is 0 Å². The number of hydrogen-bond donors (Lipinski definition) is 3. The Bertz CT molecular complexity index is 681. The molecule has 1 atom stereocenters. The number of halogens is 2. The van der Waals surface area contributed by atoms with E-state index in [2.05, 4.69) is 10.6 Å². The van der Waals surface area contributed by atoms with Gasteiger partial charge >= 0.3 is 6.03 Å². The fourth-order valence-corrected chi connectivity index (χ4v) is 2.51. The van der Waals surface area contributed by atoms with Crippen molar-refractivity contribution in [2.45, 2.75) is 18.4 Å². The summed E-state index contributed by atoms with van der Waals surface area (Å²) < 4.78 is 32.2. The Hall–Kier alpha value is -2.41. The van der Waals surface area contributed by atoms with E-state index in [4.69, 9.17) is 4.42 Å². The van der Waals surface area contributed by atoms with Gasteiger partial charge in [0, 0.05) is 0 Å². The first-order valence-electron chi connectivity index (χ1n) is 7.26. The van der Waals surface area contributed by atoms with Crippen molar-refractivity contribution in [3.05, 3.63) is 54.0 Å². The summed E-state index contributed by atoms with van der Waals surface area (Å²) in [6.45, 7) is -0.118. The van der Waals surface area contributed by atoms with Gasteiger partial charge in [-0.05, 0) is 43.0 Å². The van der Waals surface area contributed by atoms with Crippen molar-refractivity contribution in [2.24, 2.45) is 5.92 Å². The SMILES string of the molecule is O=C(NC[C@@](O)(c1ccco1)C1CC1)Nc1c(F)cccc1F. The number of para-hydroxylation sites is 1. The van der Waals surface area contributed by atoms with Gasteiger partial charge in [0.2, 0.25) is 0 Å². The minimum Gasteiger partial charge on any atom is -0.466 e. The van der Waals surface area contributed by atoms with Crippen molar-refractivity contribution in [2.75, 3.05) is 11.9 Å². The van der Waals surface area contributed by atoms with Gasteiger partial charge in [-0.2, -0.15) is 0 Å². The van der Waals surface area contributed by atoms with Crippen molar-refractivity contribution in [1.82, 2.24) is 5.32 Å². The summed E-state index contributed by atoms with van der Waals surface area (Å²) in [4.78, 5) is 11.9. The molecule has 0 bridgehead atoms. The lowest BCUT2D eigenvalue weighted by atomic mass is 9.94. The summed E-state index contributed by atoms with van der Waals surface area (Å²) in [6, 6.07) is 5.77. The van der Waals surface area contributed by atoms with Crippen LogP contribution < -0.4 is 10.6 Å². The van der Waals surface area contributed by atoms with E-state index >= 15 is 0 Å². The second-order valence-electron chi connectivity index (χ2n) is 5.58. The first kappa shape index (κ1) is 15.5. The molecule has 1 fully saturated rings. The Labute approximate surface area is 131 Å². The number of benzene rings is 1. The Kier molecular flexibility index (Phi) is 4.04. The molecule has 0 aliphatic heterocycles. The van der Waals surface area contributed by atoms with Gasteiger partial charge in [-0.15, -0.1) is 0 Å². The molecule has 7 heteroatoms. The number of nitrogens with one attached hydrogen (secondary N) is 2. The maximum Gasteiger partial charge on any atom is 0.319 e. The molecule has 2 amide bonds. The largest absolute Gasteiger partial charge is 0.466 e. The normalized spacial score (nSPS) is 16.7. The monoisotopic (exact) mass is 322 g/mol. The molecule has 1 aromatic heterocycles. The number of carbonyl (C=O) groups is 1. The second kappa shape index (κ2) is 6.00. The zero-order valence-electron chi connectivity index (χ0n) is 12.2. The fraction of sp³-hybridized carbons (Fsp3) is 0.312. The van der Waals surface area contributed by atoms with E-state index in [-0.39, 0.29) is 12.5 Å². The lowest BCUT2D eigenvalue weighted by Gasteiger charge is -2.26. The molecule has 23 heavy (non-hydrogen) atoms. The summed E-state index contributed by atoms with van der Waals surface area (Å²) in [5.41, 5.74) is -1.85. The molecule has 1 aliphatic rings. The number of aliphatic hydroxyl groups is 1. The van der Waals surface area contributed by atoms with E-state index in [9.17, 15) is 18.7 Å². The van der Waals surface area contributed by atoms with E-state index in [1.807, 2.05) is 0 Å². The van der Waals surface area contributed by atoms with Crippen molar-refractivity contribution in [1.29, 1.82) is 0 Å². The van der Waals surface area contributed by atoms with Crippen LogP contribution in [0.5, 0.6) is 0 Å². The molecule has 0 unspecified atom stereocenters. The summed E-state index contributed by atoms with van der Waals surface area (Å²) in [6.07, 6.45) is 3.09. The van der Waals surface area contributed by atoms with Crippen LogP contribution >= 0.6 is 0 Å². The van der Waals surface area contributed by atoms with E-state index in [0.29, 0.717) is 5.76 Å². The number of anilines is 1. The quantitative estimate of drug-likeness (QED) is 0.792. The summed E-state index contributed by atoms with van der Waals surface area (Å²) in [5.74, 6) is -1.40. The van der Waals surface area contributed by atoms with Gasteiger partial charge in [0.1, 0.15) is 28.7 Å². The van der Waals surface area contributed by atoms with Gasteiger partial charge in [-0.25, -0.2) is 13.6 Å². The third kappa shape index (κ3) is 3.19. The maximum atomic E-state index is 13.5. The average Bonchev–Trinajstić information content (AvgIpc) is 3.24. The van der Waals surface area contributed by atoms with Gasteiger partial charge in [-0.1, -0.05) is 6.07 Å². The standard InChI is InChI=1S/C16H16F2N2O3/c17-11-3-1-4-12(18)14(11)20-15(21)19-9-16(22,10-6-7-10)13-5-2-8-23-13/h1-5,8,10,22H,6-7,9H2,(H2,19,20,21)/t16-/m0/s1. The van der Waals surface area contributed by atoms with Gasteiger partial charge in [-0.3, -0.25) is 0 Å². The zero-order chi connectivity index (χ0) is 16.4. The molecule has 0 radical (unpaired) electrons. The molecule has 3 N–H and O–H groups in total. The Morgan fingerprint density at radius 2 is 1.96 bits per heavy atom. The van der Waals surface area contributed by atoms with Crippen LogP contribution in [-0.4, -0.2) is 17.7 Å². The zero-order valence-corrected chi connectivity index (χ0v) is 12.2. The Balaban J connectivity index is 1.66.